The minimum Gasteiger partial charge on any atom is -0.493 e. The molecule has 0 radical (unpaired) electrons. The van der Waals surface area contributed by atoms with Crippen molar-refractivity contribution in [2.24, 2.45) is 0 Å². The van der Waals surface area contributed by atoms with Crippen LogP contribution < -0.4 is 4.74 Å². The summed E-state index contributed by atoms with van der Waals surface area (Å²) in [5.74, 6) is 0.0588. The number of nitrogens with zero attached hydrogens (tertiary/aromatic N) is 1. The third kappa shape index (κ3) is 3.24. The Bertz CT molecular complexity index is 925. The fourth-order valence-electron chi connectivity index (χ4n) is 3.05. The number of amides is 2. The van der Waals surface area contributed by atoms with E-state index in [1.54, 1.807) is 24.3 Å². The summed E-state index contributed by atoms with van der Waals surface area (Å²) in [6.07, 6.45) is 3.61. The minimum atomic E-state index is -0.426. The molecule has 1 saturated heterocycles. The van der Waals surface area contributed by atoms with E-state index in [2.05, 4.69) is 0 Å². The van der Waals surface area contributed by atoms with Crippen molar-refractivity contribution in [2.45, 2.75) is 19.4 Å². The molecule has 0 N–H and O–H groups in total. The van der Waals surface area contributed by atoms with Crippen LogP contribution in [0.3, 0.4) is 0 Å². The van der Waals surface area contributed by atoms with Gasteiger partial charge in [-0.05, 0) is 60.0 Å². The largest absolute Gasteiger partial charge is 0.493 e. The van der Waals surface area contributed by atoms with Gasteiger partial charge >= 0.3 is 0 Å². The number of carbonyl (C=O) groups excluding carboxylic acids is 2. The van der Waals surface area contributed by atoms with E-state index in [1.807, 2.05) is 18.2 Å². The van der Waals surface area contributed by atoms with Crippen molar-refractivity contribution in [3.63, 3.8) is 0 Å². The lowest BCUT2D eigenvalue weighted by molar-refractivity contribution is -0.123. The molecule has 132 valence electrons. The molecule has 1 fully saturated rings. The second-order valence-electron chi connectivity index (χ2n) is 6.18. The molecule has 0 atom stereocenters. The topological polar surface area (TPSA) is 46.6 Å². The van der Waals surface area contributed by atoms with Gasteiger partial charge in [-0.3, -0.25) is 14.5 Å². The van der Waals surface area contributed by atoms with Crippen LogP contribution in [-0.2, 0) is 17.8 Å². The molecule has 2 aromatic rings. The van der Waals surface area contributed by atoms with Crippen LogP contribution >= 0.6 is 11.8 Å². The normalized spacial score (nSPS) is 18.2. The standard InChI is InChI=1S/C20H16FNO3S/c21-16-6-2-1-4-15(16)12-22-19(23)18(26-20(22)24)11-13-7-8-17-14(10-13)5-3-9-25-17/h1-2,4,6-8,10-11H,3,5,9,12H2. The van der Waals surface area contributed by atoms with E-state index < -0.39 is 11.7 Å². The molecule has 0 bridgehead atoms. The molecule has 0 unspecified atom stereocenters. The molecular weight excluding hydrogens is 353 g/mol. The highest BCUT2D eigenvalue weighted by molar-refractivity contribution is 8.18. The number of ether oxygens (including phenoxy) is 1. The number of fused-ring (bicyclic) bond motifs is 1. The molecule has 2 aliphatic rings. The van der Waals surface area contributed by atoms with E-state index in [0.717, 1.165) is 53.0 Å². The number of rotatable bonds is 3. The van der Waals surface area contributed by atoms with Crippen molar-refractivity contribution in [2.75, 3.05) is 6.61 Å². The number of hydrogen-bond donors (Lipinski definition) is 0. The molecule has 6 heteroatoms. The van der Waals surface area contributed by atoms with Crippen molar-refractivity contribution < 1.29 is 18.7 Å². The zero-order valence-corrected chi connectivity index (χ0v) is 14.7. The molecule has 4 rings (SSSR count). The first-order valence-electron chi connectivity index (χ1n) is 8.36. The maximum Gasteiger partial charge on any atom is 0.293 e. The van der Waals surface area contributed by atoms with Crippen LogP contribution in [0, 0.1) is 5.82 Å². The van der Waals surface area contributed by atoms with Crippen molar-refractivity contribution in [3.05, 3.63) is 69.9 Å². The van der Waals surface area contributed by atoms with Crippen LogP contribution in [0.25, 0.3) is 6.08 Å². The zero-order valence-electron chi connectivity index (χ0n) is 13.9. The van der Waals surface area contributed by atoms with E-state index in [-0.39, 0.29) is 11.8 Å². The van der Waals surface area contributed by atoms with E-state index in [9.17, 15) is 14.0 Å². The molecule has 4 nitrogen and oxygen atoms in total. The predicted octanol–water partition coefficient (Wildman–Crippen LogP) is 4.39. The Hall–Kier alpha value is -2.60. The van der Waals surface area contributed by atoms with Crippen molar-refractivity contribution in [3.8, 4) is 5.75 Å². The van der Waals surface area contributed by atoms with Gasteiger partial charge < -0.3 is 4.74 Å². The maximum absolute atomic E-state index is 13.8. The van der Waals surface area contributed by atoms with Crippen LogP contribution in [0.5, 0.6) is 5.75 Å². The van der Waals surface area contributed by atoms with Gasteiger partial charge in [0.05, 0.1) is 18.1 Å². The Morgan fingerprint density at radius 1 is 1.19 bits per heavy atom. The number of imide groups is 1. The second-order valence-corrected chi connectivity index (χ2v) is 7.17. The molecule has 0 saturated carbocycles. The summed E-state index contributed by atoms with van der Waals surface area (Å²) in [4.78, 5) is 26.2. The first-order chi connectivity index (χ1) is 12.6. The Kier molecular flexibility index (Phi) is 4.51. The summed E-state index contributed by atoms with van der Waals surface area (Å²) in [6, 6.07) is 11.9. The third-order valence-electron chi connectivity index (χ3n) is 4.39. The molecule has 26 heavy (non-hydrogen) atoms. The van der Waals surface area contributed by atoms with E-state index in [4.69, 9.17) is 4.74 Å². The lowest BCUT2D eigenvalue weighted by atomic mass is 10.0. The summed E-state index contributed by atoms with van der Waals surface area (Å²) < 4.78 is 19.4. The highest BCUT2D eigenvalue weighted by atomic mass is 32.2. The first kappa shape index (κ1) is 16.8. The summed E-state index contributed by atoms with van der Waals surface area (Å²) in [7, 11) is 0. The summed E-state index contributed by atoms with van der Waals surface area (Å²) in [5.41, 5.74) is 2.28. The van der Waals surface area contributed by atoms with Crippen LogP contribution in [0.15, 0.2) is 47.4 Å². The molecule has 2 amide bonds. The Morgan fingerprint density at radius 2 is 2.04 bits per heavy atom. The average molecular weight is 369 g/mol. The van der Waals surface area contributed by atoms with Gasteiger partial charge in [-0.2, -0.15) is 0 Å². The molecule has 2 aromatic carbocycles. The van der Waals surface area contributed by atoms with E-state index >= 15 is 0 Å². The Morgan fingerprint density at radius 3 is 2.88 bits per heavy atom. The summed E-state index contributed by atoms with van der Waals surface area (Å²) >= 11 is 0.884. The van der Waals surface area contributed by atoms with Crippen molar-refractivity contribution in [1.29, 1.82) is 0 Å². The van der Waals surface area contributed by atoms with Gasteiger partial charge in [-0.1, -0.05) is 24.3 Å². The lowest BCUT2D eigenvalue weighted by Crippen LogP contribution is -2.27. The Labute approximate surface area is 154 Å². The maximum atomic E-state index is 13.8. The number of aryl methyl sites for hydroxylation is 1. The van der Waals surface area contributed by atoms with E-state index in [0.29, 0.717) is 10.5 Å². The molecule has 2 aliphatic heterocycles. The zero-order chi connectivity index (χ0) is 18.1. The van der Waals surface area contributed by atoms with Gasteiger partial charge in [0, 0.05) is 5.56 Å². The molecule has 0 aromatic heterocycles. The first-order valence-corrected chi connectivity index (χ1v) is 9.18. The quantitative estimate of drug-likeness (QED) is 0.753. The van der Waals surface area contributed by atoms with Crippen LogP contribution in [-0.4, -0.2) is 22.7 Å². The molecule has 0 spiro atoms. The Balaban J connectivity index is 1.57. The molecular formula is C20H16FNO3S. The average Bonchev–Trinajstić information content (AvgIpc) is 2.91. The number of thioether (sulfide) groups is 1. The fourth-order valence-corrected chi connectivity index (χ4v) is 3.89. The summed E-state index contributed by atoms with van der Waals surface area (Å²) in [6.45, 7) is 0.661. The van der Waals surface area contributed by atoms with Gasteiger partial charge in [0.25, 0.3) is 11.1 Å². The smallest absolute Gasteiger partial charge is 0.293 e. The predicted molar refractivity (Wildman–Crippen MR) is 98.2 cm³/mol. The van der Waals surface area contributed by atoms with Crippen LogP contribution in [0.4, 0.5) is 9.18 Å². The highest BCUT2D eigenvalue weighted by Gasteiger charge is 2.35. The number of hydrogen-bond acceptors (Lipinski definition) is 4. The second kappa shape index (κ2) is 6.96. The van der Waals surface area contributed by atoms with Gasteiger partial charge in [-0.25, -0.2) is 4.39 Å². The minimum absolute atomic E-state index is 0.0628. The van der Waals surface area contributed by atoms with E-state index in [1.165, 1.54) is 6.07 Å². The SMILES string of the molecule is O=C1SC(=Cc2ccc3c(c2)CCCO3)C(=O)N1Cc1ccccc1F. The van der Waals surface area contributed by atoms with Gasteiger partial charge in [0.1, 0.15) is 11.6 Å². The number of carbonyl (C=O) groups is 2. The number of benzene rings is 2. The third-order valence-corrected chi connectivity index (χ3v) is 5.30. The molecule has 2 heterocycles. The van der Waals surface area contributed by atoms with Gasteiger partial charge in [-0.15, -0.1) is 0 Å². The van der Waals surface area contributed by atoms with Crippen LogP contribution in [0.2, 0.25) is 0 Å². The van der Waals surface area contributed by atoms with Crippen molar-refractivity contribution >= 4 is 29.0 Å². The monoisotopic (exact) mass is 369 g/mol. The molecule has 0 aliphatic carbocycles. The summed E-state index contributed by atoms with van der Waals surface area (Å²) in [5, 5.41) is -0.384. The van der Waals surface area contributed by atoms with Crippen LogP contribution in [0.1, 0.15) is 23.1 Å². The number of halogens is 1. The fraction of sp³-hybridized carbons (Fsp3) is 0.200. The lowest BCUT2D eigenvalue weighted by Gasteiger charge is -2.17. The van der Waals surface area contributed by atoms with Gasteiger partial charge in [0.15, 0.2) is 0 Å². The van der Waals surface area contributed by atoms with Gasteiger partial charge in [0.2, 0.25) is 0 Å². The van der Waals surface area contributed by atoms with Crippen molar-refractivity contribution in [1.82, 2.24) is 4.90 Å². The highest BCUT2D eigenvalue weighted by Crippen LogP contribution is 2.34.